The Morgan fingerprint density at radius 3 is 3.06 bits per heavy atom. The highest BCUT2D eigenvalue weighted by atomic mass is 32.2. The van der Waals surface area contributed by atoms with Crippen molar-refractivity contribution in [3.8, 4) is 0 Å². The van der Waals surface area contributed by atoms with Crippen LogP contribution in [-0.4, -0.2) is 46.7 Å². The lowest BCUT2D eigenvalue weighted by Crippen LogP contribution is -2.37. The Balaban J connectivity index is 2.21. The predicted molar refractivity (Wildman–Crippen MR) is 61.8 cm³/mol. The van der Waals surface area contributed by atoms with Crippen LogP contribution in [0.2, 0.25) is 0 Å². The lowest BCUT2D eigenvalue weighted by atomic mass is 10.1. The van der Waals surface area contributed by atoms with Crippen LogP contribution in [0.5, 0.6) is 0 Å². The minimum absolute atomic E-state index is 0.108. The molecule has 0 amide bonds. The van der Waals surface area contributed by atoms with Crippen LogP contribution in [0, 0.1) is 0 Å². The van der Waals surface area contributed by atoms with Crippen molar-refractivity contribution >= 4 is 10.0 Å². The number of sulfonamides is 1. The van der Waals surface area contributed by atoms with Crippen molar-refractivity contribution in [1.82, 2.24) is 14.5 Å². The van der Waals surface area contributed by atoms with Crippen LogP contribution in [-0.2, 0) is 10.0 Å². The van der Waals surface area contributed by atoms with Gasteiger partial charge in [-0.3, -0.25) is 5.10 Å². The number of aliphatic hydroxyl groups excluding tert-OH is 1. The molecule has 2 heterocycles. The molecule has 0 bridgehead atoms. The molecule has 1 fully saturated rings. The van der Waals surface area contributed by atoms with E-state index in [1.165, 1.54) is 16.6 Å². The van der Waals surface area contributed by atoms with Crippen LogP contribution >= 0.6 is 0 Å². The van der Waals surface area contributed by atoms with Crippen LogP contribution in [0.25, 0.3) is 0 Å². The summed E-state index contributed by atoms with van der Waals surface area (Å²) in [6.45, 7) is 2.19. The number of hydrogen-bond donors (Lipinski definition) is 2. The summed E-state index contributed by atoms with van der Waals surface area (Å²) in [6, 6.07) is 1.34. The fourth-order valence-corrected chi connectivity index (χ4v) is 3.88. The zero-order valence-electron chi connectivity index (χ0n) is 9.70. The maximum Gasteiger partial charge on any atom is 0.260 e. The van der Waals surface area contributed by atoms with Crippen LogP contribution in [0.3, 0.4) is 0 Å². The summed E-state index contributed by atoms with van der Waals surface area (Å²) >= 11 is 0. The van der Waals surface area contributed by atoms with Gasteiger partial charge in [0.15, 0.2) is 5.03 Å². The Labute approximate surface area is 101 Å². The maximum atomic E-state index is 12.3. The van der Waals surface area contributed by atoms with E-state index >= 15 is 0 Å². The highest BCUT2D eigenvalue weighted by molar-refractivity contribution is 7.89. The van der Waals surface area contributed by atoms with Crippen molar-refractivity contribution in [1.29, 1.82) is 0 Å². The first-order valence-electron chi connectivity index (χ1n) is 5.71. The maximum absolute atomic E-state index is 12.3. The highest BCUT2D eigenvalue weighted by Gasteiger charge is 2.36. The number of aromatic nitrogens is 2. The molecule has 0 radical (unpaired) electrons. The van der Waals surface area contributed by atoms with Gasteiger partial charge in [0.05, 0.1) is 12.3 Å². The normalized spacial score (nSPS) is 24.0. The molecule has 6 nitrogen and oxygen atoms in total. The van der Waals surface area contributed by atoms with E-state index in [4.69, 9.17) is 0 Å². The van der Waals surface area contributed by atoms with Gasteiger partial charge in [0.2, 0.25) is 0 Å². The Hall–Kier alpha value is -0.920. The second kappa shape index (κ2) is 4.75. The minimum Gasteiger partial charge on any atom is -0.393 e. The monoisotopic (exact) mass is 259 g/mol. The van der Waals surface area contributed by atoms with Gasteiger partial charge < -0.3 is 5.11 Å². The number of rotatable bonds is 4. The van der Waals surface area contributed by atoms with Gasteiger partial charge in [0.25, 0.3) is 10.0 Å². The van der Waals surface area contributed by atoms with E-state index in [-0.39, 0.29) is 11.1 Å². The fraction of sp³-hybridized carbons (Fsp3) is 0.700. The van der Waals surface area contributed by atoms with E-state index < -0.39 is 16.1 Å². The summed E-state index contributed by atoms with van der Waals surface area (Å²) in [7, 11) is -3.49. The molecule has 0 aromatic carbocycles. The molecule has 2 unspecified atom stereocenters. The van der Waals surface area contributed by atoms with Crippen LogP contribution in [0.4, 0.5) is 0 Å². The SMILES string of the molecule is CC(O)CC1CCCN1S(=O)(=O)c1ccn[nH]1. The Morgan fingerprint density at radius 2 is 2.47 bits per heavy atom. The van der Waals surface area contributed by atoms with Gasteiger partial charge >= 0.3 is 0 Å². The average molecular weight is 259 g/mol. The van der Waals surface area contributed by atoms with Gasteiger partial charge in [-0.05, 0) is 32.3 Å². The molecule has 2 N–H and O–H groups in total. The average Bonchev–Trinajstić information content (AvgIpc) is 2.85. The minimum atomic E-state index is -3.49. The predicted octanol–water partition coefficient (Wildman–Crippen LogP) is 0.334. The number of nitrogens with zero attached hydrogens (tertiary/aromatic N) is 2. The van der Waals surface area contributed by atoms with Crippen molar-refractivity contribution in [2.24, 2.45) is 0 Å². The topological polar surface area (TPSA) is 86.3 Å². The second-order valence-corrected chi connectivity index (χ2v) is 6.28. The first-order chi connectivity index (χ1) is 8.01. The summed E-state index contributed by atoms with van der Waals surface area (Å²) in [5.74, 6) is 0. The van der Waals surface area contributed by atoms with E-state index in [0.29, 0.717) is 13.0 Å². The van der Waals surface area contributed by atoms with E-state index in [9.17, 15) is 13.5 Å². The molecule has 1 aliphatic heterocycles. The summed E-state index contributed by atoms with van der Waals surface area (Å²) in [6.07, 6.45) is 3.06. The van der Waals surface area contributed by atoms with E-state index in [1.807, 2.05) is 0 Å². The first kappa shape index (κ1) is 12.5. The number of aliphatic hydroxyl groups is 1. The Kier molecular flexibility index (Phi) is 3.50. The fourth-order valence-electron chi connectivity index (χ4n) is 2.27. The molecule has 17 heavy (non-hydrogen) atoms. The van der Waals surface area contributed by atoms with Crippen LogP contribution < -0.4 is 0 Å². The van der Waals surface area contributed by atoms with Gasteiger partial charge in [-0.15, -0.1) is 0 Å². The Morgan fingerprint density at radius 1 is 1.71 bits per heavy atom. The first-order valence-corrected chi connectivity index (χ1v) is 7.15. The van der Waals surface area contributed by atoms with Gasteiger partial charge in [0.1, 0.15) is 0 Å². The molecular formula is C10H17N3O3S. The molecule has 0 aliphatic carbocycles. The van der Waals surface area contributed by atoms with Crippen molar-refractivity contribution in [2.45, 2.75) is 43.4 Å². The van der Waals surface area contributed by atoms with Crippen molar-refractivity contribution < 1.29 is 13.5 Å². The van der Waals surface area contributed by atoms with E-state index in [1.54, 1.807) is 6.92 Å². The lowest BCUT2D eigenvalue weighted by molar-refractivity contribution is 0.157. The molecule has 0 saturated carbocycles. The third-order valence-electron chi connectivity index (χ3n) is 3.00. The van der Waals surface area contributed by atoms with Crippen LogP contribution in [0.1, 0.15) is 26.2 Å². The number of H-pyrrole nitrogens is 1. The third kappa shape index (κ3) is 2.51. The van der Waals surface area contributed by atoms with Crippen molar-refractivity contribution in [3.05, 3.63) is 12.3 Å². The van der Waals surface area contributed by atoms with Crippen LogP contribution in [0.15, 0.2) is 17.3 Å². The van der Waals surface area contributed by atoms with Gasteiger partial charge in [-0.25, -0.2) is 8.42 Å². The highest BCUT2D eigenvalue weighted by Crippen LogP contribution is 2.27. The molecule has 96 valence electrons. The summed E-state index contributed by atoms with van der Waals surface area (Å²) < 4.78 is 26.0. The number of aromatic amines is 1. The molecule has 1 aliphatic rings. The Bertz CT molecular complexity index is 455. The molecular weight excluding hydrogens is 242 g/mol. The molecule has 2 atom stereocenters. The summed E-state index contributed by atoms with van der Waals surface area (Å²) in [5, 5.41) is 15.7. The summed E-state index contributed by atoms with van der Waals surface area (Å²) in [4.78, 5) is 0. The molecule has 0 spiro atoms. The molecule has 1 saturated heterocycles. The molecule has 2 rings (SSSR count). The number of hydrogen-bond acceptors (Lipinski definition) is 4. The standard InChI is InChI=1S/C10H17N3O3S/c1-8(14)7-9-3-2-6-13(9)17(15,16)10-4-5-11-12-10/h4-5,8-9,14H,2-3,6-7H2,1H3,(H,11,12). The zero-order valence-corrected chi connectivity index (χ0v) is 10.5. The second-order valence-electron chi connectivity index (χ2n) is 4.42. The summed E-state index contributed by atoms with van der Waals surface area (Å²) in [5.41, 5.74) is 0. The largest absolute Gasteiger partial charge is 0.393 e. The van der Waals surface area contributed by atoms with E-state index in [0.717, 1.165) is 12.8 Å². The molecule has 1 aromatic heterocycles. The molecule has 1 aromatic rings. The number of nitrogens with one attached hydrogen (secondary N) is 1. The third-order valence-corrected chi connectivity index (χ3v) is 4.88. The van der Waals surface area contributed by atoms with Crippen molar-refractivity contribution in [3.63, 3.8) is 0 Å². The van der Waals surface area contributed by atoms with Gasteiger partial charge in [-0.2, -0.15) is 9.40 Å². The quantitative estimate of drug-likeness (QED) is 0.816. The van der Waals surface area contributed by atoms with Gasteiger partial charge in [0, 0.05) is 12.6 Å². The van der Waals surface area contributed by atoms with E-state index in [2.05, 4.69) is 10.2 Å². The lowest BCUT2D eigenvalue weighted by Gasteiger charge is -2.24. The zero-order chi connectivity index (χ0) is 12.5. The van der Waals surface area contributed by atoms with Crippen molar-refractivity contribution in [2.75, 3.05) is 6.54 Å². The molecule has 7 heteroatoms. The smallest absolute Gasteiger partial charge is 0.260 e. The van der Waals surface area contributed by atoms with Gasteiger partial charge in [-0.1, -0.05) is 0 Å².